The molecule has 1 saturated heterocycles. The van der Waals surface area contributed by atoms with Crippen molar-refractivity contribution in [3.63, 3.8) is 0 Å². The third-order valence-electron chi connectivity index (χ3n) is 7.90. The SMILES string of the molecule is COc1cc(CC(=O)N2CCCC2N(C)C2CCC(C(=O)O)CC2)ccc1NC(=O)Nc1ccccc1C. The number of rotatable bonds is 8. The Bertz CT molecular complexity index is 1160. The van der Waals surface area contributed by atoms with Gasteiger partial charge in [-0.3, -0.25) is 14.5 Å². The van der Waals surface area contributed by atoms with Gasteiger partial charge in [-0.15, -0.1) is 0 Å². The number of carboxylic acid groups (broad SMARTS) is 1. The Kier molecular flexibility index (Phi) is 8.89. The summed E-state index contributed by atoms with van der Waals surface area (Å²) in [4.78, 5) is 41.4. The van der Waals surface area contributed by atoms with E-state index < -0.39 is 5.97 Å². The van der Waals surface area contributed by atoms with Gasteiger partial charge in [0, 0.05) is 18.3 Å². The minimum absolute atomic E-state index is 0.0295. The lowest BCUT2D eigenvalue weighted by Gasteiger charge is -2.40. The van der Waals surface area contributed by atoms with Gasteiger partial charge in [0.05, 0.1) is 31.3 Å². The van der Waals surface area contributed by atoms with Crippen molar-refractivity contribution in [2.45, 2.75) is 64.1 Å². The number of anilines is 2. The fourth-order valence-electron chi connectivity index (χ4n) is 5.65. The summed E-state index contributed by atoms with van der Waals surface area (Å²) in [7, 11) is 3.60. The highest BCUT2D eigenvalue weighted by atomic mass is 16.5. The highest BCUT2D eigenvalue weighted by molar-refractivity contribution is 6.01. The van der Waals surface area contributed by atoms with Crippen molar-refractivity contribution < 1.29 is 24.2 Å². The number of carboxylic acids is 1. The molecule has 3 amide bonds. The summed E-state index contributed by atoms with van der Waals surface area (Å²) in [6.45, 7) is 2.64. The van der Waals surface area contributed by atoms with Crippen molar-refractivity contribution in [2.24, 2.45) is 5.92 Å². The fraction of sp³-hybridized carbons (Fsp3) is 0.483. The van der Waals surface area contributed by atoms with E-state index in [0.29, 0.717) is 36.9 Å². The van der Waals surface area contributed by atoms with Crippen LogP contribution in [0, 0.1) is 12.8 Å². The topological polar surface area (TPSA) is 111 Å². The monoisotopic (exact) mass is 522 g/mol. The number of nitrogens with one attached hydrogen (secondary N) is 2. The zero-order valence-corrected chi connectivity index (χ0v) is 22.4. The number of carbonyl (C=O) groups excluding carboxylic acids is 2. The number of hydrogen-bond donors (Lipinski definition) is 3. The van der Waals surface area contributed by atoms with E-state index in [4.69, 9.17) is 4.74 Å². The summed E-state index contributed by atoms with van der Waals surface area (Å²) in [5.41, 5.74) is 3.02. The minimum Gasteiger partial charge on any atom is -0.495 e. The molecule has 0 radical (unpaired) electrons. The van der Waals surface area contributed by atoms with Crippen molar-refractivity contribution in [3.05, 3.63) is 53.6 Å². The number of amides is 3. The van der Waals surface area contributed by atoms with Crippen LogP contribution in [0.1, 0.15) is 49.7 Å². The summed E-state index contributed by atoms with van der Waals surface area (Å²) < 4.78 is 5.51. The van der Waals surface area contributed by atoms with Gasteiger partial charge in [-0.05, 0) is 81.8 Å². The number of para-hydroxylation sites is 1. The van der Waals surface area contributed by atoms with E-state index in [1.165, 1.54) is 7.11 Å². The number of likely N-dealkylation sites (tertiary alicyclic amines) is 1. The van der Waals surface area contributed by atoms with Gasteiger partial charge >= 0.3 is 12.0 Å². The molecule has 2 fully saturated rings. The van der Waals surface area contributed by atoms with Crippen LogP contribution in [0.25, 0.3) is 0 Å². The number of carbonyl (C=O) groups is 3. The predicted molar refractivity (Wildman–Crippen MR) is 146 cm³/mol. The second-order valence-corrected chi connectivity index (χ2v) is 10.3. The zero-order valence-electron chi connectivity index (χ0n) is 22.4. The van der Waals surface area contributed by atoms with E-state index in [1.54, 1.807) is 12.1 Å². The van der Waals surface area contributed by atoms with Crippen molar-refractivity contribution in [3.8, 4) is 5.75 Å². The summed E-state index contributed by atoms with van der Waals surface area (Å²) in [5.74, 6) is -0.409. The number of methoxy groups -OCH3 is 1. The lowest BCUT2D eigenvalue weighted by molar-refractivity contribution is -0.143. The first-order chi connectivity index (χ1) is 18.3. The van der Waals surface area contributed by atoms with Crippen LogP contribution in [0.4, 0.5) is 16.2 Å². The molecule has 1 atom stereocenters. The van der Waals surface area contributed by atoms with E-state index in [9.17, 15) is 19.5 Å². The molecular weight excluding hydrogens is 484 g/mol. The molecule has 0 aromatic heterocycles. The van der Waals surface area contributed by atoms with Gasteiger partial charge in [0.2, 0.25) is 5.91 Å². The molecule has 0 spiro atoms. The smallest absolute Gasteiger partial charge is 0.323 e. The number of ether oxygens (including phenoxy) is 1. The lowest BCUT2D eigenvalue weighted by Crippen LogP contribution is -2.51. The molecule has 2 aromatic carbocycles. The minimum atomic E-state index is -0.702. The lowest BCUT2D eigenvalue weighted by atomic mass is 9.85. The number of nitrogens with zero attached hydrogens (tertiary/aromatic N) is 2. The van der Waals surface area contributed by atoms with Gasteiger partial charge in [0.1, 0.15) is 5.75 Å². The molecule has 1 aliphatic carbocycles. The summed E-state index contributed by atoms with van der Waals surface area (Å²) in [6.07, 6.45) is 5.20. The molecule has 3 N–H and O–H groups in total. The van der Waals surface area contributed by atoms with E-state index in [-0.39, 0.29) is 30.4 Å². The molecular formula is C29H38N4O5. The van der Waals surface area contributed by atoms with Crippen LogP contribution in [0.5, 0.6) is 5.75 Å². The first-order valence-corrected chi connectivity index (χ1v) is 13.3. The number of aryl methyl sites for hydroxylation is 1. The number of benzene rings is 2. The Morgan fingerprint density at radius 2 is 1.74 bits per heavy atom. The van der Waals surface area contributed by atoms with Crippen LogP contribution in [0.2, 0.25) is 0 Å². The van der Waals surface area contributed by atoms with Crippen LogP contribution in [-0.2, 0) is 16.0 Å². The largest absolute Gasteiger partial charge is 0.495 e. The maximum atomic E-state index is 13.4. The molecule has 0 bridgehead atoms. The second kappa shape index (κ2) is 12.3. The molecule has 4 rings (SSSR count). The highest BCUT2D eigenvalue weighted by Crippen LogP contribution is 2.32. The van der Waals surface area contributed by atoms with Crippen molar-refractivity contribution in [1.29, 1.82) is 0 Å². The van der Waals surface area contributed by atoms with Crippen molar-refractivity contribution in [2.75, 3.05) is 31.3 Å². The Balaban J connectivity index is 1.36. The van der Waals surface area contributed by atoms with Gasteiger partial charge in [-0.2, -0.15) is 0 Å². The van der Waals surface area contributed by atoms with Crippen LogP contribution in [-0.4, -0.2) is 65.7 Å². The normalized spacial score (nSPS) is 21.3. The maximum Gasteiger partial charge on any atom is 0.323 e. The maximum absolute atomic E-state index is 13.4. The molecule has 38 heavy (non-hydrogen) atoms. The van der Waals surface area contributed by atoms with Crippen LogP contribution in [0.15, 0.2) is 42.5 Å². The van der Waals surface area contributed by atoms with Crippen LogP contribution < -0.4 is 15.4 Å². The molecule has 1 unspecified atom stereocenters. The standard InChI is InChI=1S/C29H38N4O5/c1-19-7-4-5-8-23(19)30-29(37)31-24-15-10-20(17-25(24)38-3)18-27(34)33-16-6-9-26(33)32(2)22-13-11-21(12-14-22)28(35)36/h4-5,7-8,10,15,17,21-22,26H,6,9,11-14,16,18H2,1-3H3,(H,35,36)(H2,30,31,37). The first-order valence-electron chi connectivity index (χ1n) is 13.3. The molecule has 1 saturated carbocycles. The average molecular weight is 523 g/mol. The second-order valence-electron chi connectivity index (χ2n) is 10.3. The Morgan fingerprint density at radius 1 is 1.03 bits per heavy atom. The van der Waals surface area contributed by atoms with Crippen molar-refractivity contribution in [1.82, 2.24) is 9.80 Å². The molecule has 1 heterocycles. The summed E-state index contributed by atoms with van der Waals surface area (Å²) in [6, 6.07) is 12.8. The molecule has 9 nitrogen and oxygen atoms in total. The van der Waals surface area contributed by atoms with E-state index in [0.717, 1.165) is 42.5 Å². The van der Waals surface area contributed by atoms with Gasteiger partial charge in [0.25, 0.3) is 0 Å². The van der Waals surface area contributed by atoms with E-state index in [2.05, 4.69) is 22.6 Å². The number of hydrogen-bond acceptors (Lipinski definition) is 5. The van der Waals surface area contributed by atoms with Gasteiger partial charge in [-0.25, -0.2) is 4.79 Å². The molecule has 9 heteroatoms. The van der Waals surface area contributed by atoms with Gasteiger partial charge in [0.15, 0.2) is 0 Å². The predicted octanol–water partition coefficient (Wildman–Crippen LogP) is 4.71. The average Bonchev–Trinajstić information content (AvgIpc) is 3.41. The van der Waals surface area contributed by atoms with E-state index >= 15 is 0 Å². The molecule has 1 aliphatic heterocycles. The van der Waals surface area contributed by atoms with Crippen LogP contribution >= 0.6 is 0 Å². The Morgan fingerprint density at radius 3 is 2.42 bits per heavy atom. The highest BCUT2D eigenvalue weighted by Gasteiger charge is 2.36. The number of aliphatic carboxylic acids is 1. The quantitative estimate of drug-likeness (QED) is 0.463. The summed E-state index contributed by atoms with van der Waals surface area (Å²) in [5, 5.41) is 15.0. The Hall–Kier alpha value is -3.59. The van der Waals surface area contributed by atoms with E-state index in [1.807, 2.05) is 42.2 Å². The molecule has 2 aromatic rings. The van der Waals surface area contributed by atoms with Crippen LogP contribution in [0.3, 0.4) is 0 Å². The van der Waals surface area contributed by atoms with Gasteiger partial charge < -0.3 is 25.4 Å². The third-order valence-corrected chi connectivity index (χ3v) is 7.90. The van der Waals surface area contributed by atoms with Crippen molar-refractivity contribution >= 4 is 29.3 Å². The zero-order chi connectivity index (χ0) is 27.2. The Labute approximate surface area is 224 Å². The number of urea groups is 1. The molecule has 2 aliphatic rings. The molecule has 204 valence electrons. The summed E-state index contributed by atoms with van der Waals surface area (Å²) >= 11 is 0. The first kappa shape index (κ1) is 27.4. The third kappa shape index (κ3) is 6.45. The fourth-order valence-corrected chi connectivity index (χ4v) is 5.65. The van der Waals surface area contributed by atoms with Gasteiger partial charge in [-0.1, -0.05) is 24.3 Å².